The number of nitrogens with zero attached hydrogens (tertiary/aromatic N) is 3. The summed E-state index contributed by atoms with van der Waals surface area (Å²) in [5, 5.41) is 0. The number of aromatic amines is 1. The summed E-state index contributed by atoms with van der Waals surface area (Å²) in [5.41, 5.74) is 3.27. The highest BCUT2D eigenvalue weighted by atomic mass is 16.2. The molecule has 6 heteroatoms. The van der Waals surface area contributed by atoms with Gasteiger partial charge in [-0.3, -0.25) is 19.5 Å². The number of amides is 1. The smallest absolute Gasteiger partial charge is 0.251 e. The van der Waals surface area contributed by atoms with Gasteiger partial charge in [0.1, 0.15) is 0 Å². The predicted octanol–water partition coefficient (Wildman–Crippen LogP) is 1.79. The van der Waals surface area contributed by atoms with Gasteiger partial charge in [0, 0.05) is 37.9 Å². The Kier molecular flexibility index (Phi) is 5.18. The van der Waals surface area contributed by atoms with Crippen LogP contribution in [0.25, 0.3) is 11.0 Å². The van der Waals surface area contributed by atoms with Crippen molar-refractivity contribution in [2.24, 2.45) is 5.92 Å². The van der Waals surface area contributed by atoms with E-state index in [4.69, 9.17) is 0 Å². The number of H-pyrrole nitrogens is 1. The highest BCUT2D eigenvalue weighted by Crippen LogP contribution is 2.14. The van der Waals surface area contributed by atoms with E-state index in [0.29, 0.717) is 25.4 Å². The highest BCUT2D eigenvalue weighted by Gasteiger charge is 2.24. The molecule has 0 saturated carbocycles. The molecule has 1 saturated heterocycles. The molecule has 0 bridgehead atoms. The van der Waals surface area contributed by atoms with Gasteiger partial charge < -0.3 is 9.88 Å². The zero-order chi connectivity index (χ0) is 18.0. The normalized spacial score (nSPS) is 16.2. The molecule has 134 valence electrons. The van der Waals surface area contributed by atoms with Crippen molar-refractivity contribution in [2.75, 3.05) is 26.2 Å². The fourth-order valence-corrected chi connectivity index (χ4v) is 3.30. The molecule has 6 nitrogen and oxygen atoms in total. The number of aromatic nitrogens is 2. The molecule has 0 aliphatic carbocycles. The van der Waals surface area contributed by atoms with E-state index < -0.39 is 0 Å². The number of rotatable bonds is 5. The van der Waals surface area contributed by atoms with Crippen LogP contribution in [0, 0.1) is 5.92 Å². The summed E-state index contributed by atoms with van der Waals surface area (Å²) in [6.45, 7) is 9.79. The summed E-state index contributed by atoms with van der Waals surface area (Å²) in [6, 6.07) is 3.82. The van der Waals surface area contributed by atoms with Gasteiger partial charge in [-0.2, -0.15) is 0 Å². The number of hydrogen-bond acceptors (Lipinski definition) is 4. The van der Waals surface area contributed by atoms with Gasteiger partial charge in [0.2, 0.25) is 5.91 Å². The molecule has 0 unspecified atom stereocenters. The Morgan fingerprint density at radius 2 is 2.04 bits per heavy atom. The number of fused-ring (bicyclic) bond motifs is 1. The second-order valence-corrected chi connectivity index (χ2v) is 7.20. The summed E-state index contributed by atoms with van der Waals surface area (Å²) in [7, 11) is 0. The number of aryl methyl sites for hydroxylation is 1. The van der Waals surface area contributed by atoms with E-state index in [-0.39, 0.29) is 11.5 Å². The zero-order valence-corrected chi connectivity index (χ0v) is 15.2. The molecule has 3 heterocycles. The first-order chi connectivity index (χ1) is 12.0. The van der Waals surface area contributed by atoms with Gasteiger partial charge in [0.05, 0.1) is 17.6 Å². The number of hydrogen-bond donors (Lipinski definition) is 1. The summed E-state index contributed by atoms with van der Waals surface area (Å²) in [6.07, 6.45) is 2.53. The molecule has 1 aliphatic heterocycles. The molecule has 1 fully saturated rings. The topological polar surface area (TPSA) is 69.3 Å². The standard InChI is InChI=1S/C19H26N4O2/c1-4-15-8-16-17(21-19(15)25)7-14(9-20-16)11-22-5-6-23(10-13(2)3)18(24)12-22/h7-9,13H,4-6,10-12H2,1-3H3,(H,21,25). The molecule has 1 N–H and O–H groups in total. The first-order valence-corrected chi connectivity index (χ1v) is 8.97. The van der Waals surface area contributed by atoms with Crippen LogP contribution in [0.2, 0.25) is 0 Å². The Bertz CT molecular complexity index is 828. The Hall–Kier alpha value is -2.21. The number of nitrogens with one attached hydrogen (secondary N) is 1. The minimum absolute atomic E-state index is 0.0496. The van der Waals surface area contributed by atoms with Crippen molar-refractivity contribution in [3.63, 3.8) is 0 Å². The maximum Gasteiger partial charge on any atom is 0.251 e. The second-order valence-electron chi connectivity index (χ2n) is 7.20. The minimum Gasteiger partial charge on any atom is -0.340 e. The zero-order valence-electron chi connectivity index (χ0n) is 15.2. The van der Waals surface area contributed by atoms with Crippen molar-refractivity contribution in [2.45, 2.75) is 33.7 Å². The van der Waals surface area contributed by atoms with Crippen molar-refractivity contribution in [1.29, 1.82) is 0 Å². The maximum atomic E-state index is 12.3. The van der Waals surface area contributed by atoms with E-state index in [1.165, 1.54) is 0 Å². The Labute approximate surface area is 147 Å². The summed E-state index contributed by atoms with van der Waals surface area (Å²) >= 11 is 0. The van der Waals surface area contributed by atoms with Crippen LogP contribution in [0.5, 0.6) is 0 Å². The molecule has 25 heavy (non-hydrogen) atoms. The van der Waals surface area contributed by atoms with Gasteiger partial charge in [-0.1, -0.05) is 20.8 Å². The third-order valence-electron chi connectivity index (χ3n) is 4.60. The summed E-state index contributed by atoms with van der Waals surface area (Å²) in [5.74, 6) is 0.680. The van der Waals surface area contributed by atoms with Crippen molar-refractivity contribution in [1.82, 2.24) is 19.8 Å². The van der Waals surface area contributed by atoms with E-state index in [0.717, 1.165) is 41.8 Å². The largest absolute Gasteiger partial charge is 0.340 e. The average Bonchev–Trinajstić information content (AvgIpc) is 2.56. The van der Waals surface area contributed by atoms with Gasteiger partial charge in [-0.25, -0.2) is 0 Å². The van der Waals surface area contributed by atoms with Gasteiger partial charge in [0.15, 0.2) is 0 Å². The molecule has 0 aromatic carbocycles. The van der Waals surface area contributed by atoms with Crippen molar-refractivity contribution >= 4 is 16.9 Å². The van der Waals surface area contributed by atoms with Crippen LogP contribution >= 0.6 is 0 Å². The molecule has 2 aromatic rings. The minimum atomic E-state index is -0.0496. The molecule has 2 aromatic heterocycles. The van der Waals surface area contributed by atoms with Crippen LogP contribution in [0.15, 0.2) is 23.1 Å². The lowest BCUT2D eigenvalue weighted by atomic mass is 10.1. The van der Waals surface area contributed by atoms with Crippen LogP contribution < -0.4 is 5.56 Å². The monoisotopic (exact) mass is 342 g/mol. The van der Waals surface area contributed by atoms with E-state index in [1.54, 1.807) is 0 Å². The van der Waals surface area contributed by atoms with Gasteiger partial charge in [0.25, 0.3) is 5.56 Å². The third kappa shape index (κ3) is 4.07. The number of piperazine rings is 1. The van der Waals surface area contributed by atoms with Crippen molar-refractivity contribution < 1.29 is 4.79 Å². The lowest BCUT2D eigenvalue weighted by Crippen LogP contribution is -2.50. The molecular weight excluding hydrogens is 316 g/mol. The van der Waals surface area contributed by atoms with Gasteiger partial charge in [-0.05, 0) is 30.0 Å². The molecular formula is C19H26N4O2. The van der Waals surface area contributed by atoms with Crippen LogP contribution in [0.4, 0.5) is 0 Å². The van der Waals surface area contributed by atoms with E-state index in [1.807, 2.05) is 30.2 Å². The lowest BCUT2D eigenvalue weighted by molar-refractivity contribution is -0.136. The van der Waals surface area contributed by atoms with Crippen LogP contribution in [-0.4, -0.2) is 51.9 Å². The average molecular weight is 342 g/mol. The molecule has 1 amide bonds. The van der Waals surface area contributed by atoms with Crippen molar-refractivity contribution in [3.05, 3.63) is 39.8 Å². The Morgan fingerprint density at radius 1 is 1.24 bits per heavy atom. The van der Waals surface area contributed by atoms with Gasteiger partial charge in [-0.15, -0.1) is 0 Å². The number of carbonyl (C=O) groups is 1. The number of carbonyl (C=O) groups excluding carboxylic acids is 1. The van der Waals surface area contributed by atoms with E-state index in [2.05, 4.69) is 28.7 Å². The number of pyridine rings is 2. The molecule has 0 spiro atoms. The van der Waals surface area contributed by atoms with Crippen LogP contribution in [-0.2, 0) is 17.8 Å². The first-order valence-electron chi connectivity index (χ1n) is 8.97. The van der Waals surface area contributed by atoms with E-state index >= 15 is 0 Å². The molecule has 1 aliphatic rings. The van der Waals surface area contributed by atoms with Crippen LogP contribution in [0.3, 0.4) is 0 Å². The van der Waals surface area contributed by atoms with Gasteiger partial charge >= 0.3 is 0 Å². The first kappa shape index (κ1) is 17.6. The quantitative estimate of drug-likeness (QED) is 0.899. The van der Waals surface area contributed by atoms with Crippen LogP contribution in [0.1, 0.15) is 31.9 Å². The fourth-order valence-electron chi connectivity index (χ4n) is 3.30. The fraction of sp³-hybridized carbons (Fsp3) is 0.526. The predicted molar refractivity (Wildman–Crippen MR) is 98.4 cm³/mol. The summed E-state index contributed by atoms with van der Waals surface area (Å²) < 4.78 is 0. The SMILES string of the molecule is CCc1cc2ncc(CN3CCN(CC(C)C)C(=O)C3)cc2[nH]c1=O. The van der Waals surface area contributed by atoms with E-state index in [9.17, 15) is 9.59 Å². The third-order valence-corrected chi connectivity index (χ3v) is 4.60. The lowest BCUT2D eigenvalue weighted by Gasteiger charge is -2.35. The summed E-state index contributed by atoms with van der Waals surface area (Å²) in [4.78, 5) is 35.7. The molecule has 3 rings (SSSR count). The Balaban J connectivity index is 1.71. The molecule has 0 radical (unpaired) electrons. The second kappa shape index (κ2) is 7.35. The Morgan fingerprint density at radius 3 is 2.72 bits per heavy atom. The highest BCUT2D eigenvalue weighted by molar-refractivity contribution is 5.79. The maximum absolute atomic E-state index is 12.3. The molecule has 0 atom stereocenters. The van der Waals surface area contributed by atoms with Crippen molar-refractivity contribution in [3.8, 4) is 0 Å².